The van der Waals surface area contributed by atoms with Gasteiger partial charge in [-0.2, -0.15) is 0 Å². The number of nitriles is 1. The summed E-state index contributed by atoms with van der Waals surface area (Å²) >= 11 is 14.7. The lowest BCUT2D eigenvalue weighted by Crippen LogP contribution is -2.39. The Kier molecular flexibility index (Phi) is 6.53. The highest BCUT2D eigenvalue weighted by atomic mass is 80.0. The quantitative estimate of drug-likeness (QED) is 0.190. The van der Waals surface area contributed by atoms with Crippen molar-refractivity contribution in [2.24, 2.45) is 10.8 Å². The molecule has 158 valence electrons. The Morgan fingerprint density at radius 1 is 1.03 bits per heavy atom. The van der Waals surface area contributed by atoms with Crippen LogP contribution in [0.3, 0.4) is 0 Å². The number of hydrogen-bond donors (Lipinski definition) is 0. The predicted octanol–water partition coefficient (Wildman–Crippen LogP) is 7.39. The fourth-order valence-corrected chi connectivity index (χ4v) is 7.06. The molecule has 0 saturated heterocycles. The molecule has 0 spiro atoms. The molecule has 0 amide bonds. The van der Waals surface area contributed by atoms with Gasteiger partial charge in [-0.05, 0) is 42.2 Å². The smallest absolute Gasteiger partial charge is 0.329 e. The Labute approximate surface area is 209 Å². The number of rotatable bonds is 5. The highest BCUT2D eigenvalue weighted by molar-refractivity contribution is 9.40. The molecule has 0 bridgehead atoms. The molecule has 8 heteroatoms. The Morgan fingerprint density at radius 2 is 1.63 bits per heavy atom. The van der Waals surface area contributed by atoms with Gasteiger partial charge in [0.1, 0.15) is 13.6 Å². The van der Waals surface area contributed by atoms with Crippen molar-refractivity contribution in [3.05, 3.63) is 60.2 Å². The lowest BCUT2D eigenvalue weighted by atomic mass is 9.83. The van der Waals surface area contributed by atoms with Gasteiger partial charge in [0, 0.05) is 5.41 Å². The molecule has 3 rings (SSSR count). The topological polar surface area (TPSA) is 59.3 Å². The summed E-state index contributed by atoms with van der Waals surface area (Å²) in [7, 11) is 0. The SMILES string of the molecule is CC1(C)C(C)(C(=O)OC#N)C1(c1cccc(Oc2ccccc2)c1)C(Br)C(Br)(Br)Br. The second kappa shape index (κ2) is 8.23. The second-order valence-corrected chi connectivity index (χ2v) is 15.7. The van der Waals surface area contributed by atoms with Gasteiger partial charge in [0.2, 0.25) is 0 Å². The van der Waals surface area contributed by atoms with Gasteiger partial charge >= 0.3 is 5.97 Å². The molecule has 1 saturated carbocycles. The number of alkyl halides is 4. The molecule has 0 N–H and O–H groups in total. The largest absolute Gasteiger partial charge is 0.457 e. The maximum absolute atomic E-state index is 13.0. The van der Waals surface area contributed by atoms with E-state index < -0.39 is 24.4 Å². The first-order valence-electron chi connectivity index (χ1n) is 9.09. The van der Waals surface area contributed by atoms with Gasteiger partial charge in [0.25, 0.3) is 6.26 Å². The Morgan fingerprint density at radius 3 is 2.20 bits per heavy atom. The zero-order valence-corrected chi connectivity index (χ0v) is 22.8. The van der Waals surface area contributed by atoms with E-state index in [4.69, 9.17) is 14.7 Å². The van der Waals surface area contributed by atoms with Crippen LogP contribution in [0.4, 0.5) is 0 Å². The number of hydrogen-bond acceptors (Lipinski definition) is 4. The van der Waals surface area contributed by atoms with Gasteiger partial charge in [-0.15, -0.1) is 5.26 Å². The molecule has 0 aromatic heterocycles. The van der Waals surface area contributed by atoms with E-state index in [2.05, 4.69) is 63.7 Å². The van der Waals surface area contributed by atoms with E-state index in [0.29, 0.717) is 5.75 Å². The monoisotopic (exact) mass is 661 g/mol. The highest BCUT2D eigenvalue weighted by Crippen LogP contribution is 2.83. The average Bonchev–Trinajstić information content (AvgIpc) is 3.10. The van der Waals surface area contributed by atoms with Gasteiger partial charge in [-0.3, -0.25) is 4.79 Å². The van der Waals surface area contributed by atoms with Gasteiger partial charge in [-0.25, -0.2) is 0 Å². The molecule has 2 aromatic carbocycles. The van der Waals surface area contributed by atoms with E-state index in [9.17, 15) is 4.79 Å². The summed E-state index contributed by atoms with van der Waals surface area (Å²) in [5.74, 6) is 0.808. The Hall–Kier alpha value is -0.880. The molecule has 1 fully saturated rings. The van der Waals surface area contributed by atoms with Crippen LogP contribution in [0.25, 0.3) is 0 Å². The Bertz CT molecular complexity index is 999. The molecule has 2 aromatic rings. The fraction of sp³-hybridized carbons (Fsp3) is 0.364. The van der Waals surface area contributed by atoms with E-state index in [1.54, 1.807) is 0 Å². The van der Waals surface area contributed by atoms with Crippen molar-refractivity contribution < 1.29 is 14.3 Å². The van der Waals surface area contributed by atoms with Gasteiger partial charge in [0.15, 0.2) is 0 Å². The maximum Gasteiger partial charge on any atom is 0.329 e. The summed E-state index contributed by atoms with van der Waals surface area (Å²) in [5.41, 5.74) is -1.37. The average molecular weight is 665 g/mol. The number of halogens is 4. The van der Waals surface area contributed by atoms with Crippen LogP contribution in [-0.4, -0.2) is 12.9 Å². The van der Waals surface area contributed by atoms with Gasteiger partial charge in [-0.1, -0.05) is 108 Å². The molecule has 0 heterocycles. The summed E-state index contributed by atoms with van der Waals surface area (Å²) in [6, 6.07) is 17.2. The van der Waals surface area contributed by atoms with Crippen molar-refractivity contribution in [3.63, 3.8) is 0 Å². The van der Waals surface area contributed by atoms with Crippen LogP contribution in [0.2, 0.25) is 0 Å². The first-order chi connectivity index (χ1) is 13.9. The number of carbonyl (C=O) groups is 1. The van der Waals surface area contributed by atoms with Gasteiger partial charge < -0.3 is 9.47 Å². The number of ether oxygens (including phenoxy) is 2. The third kappa shape index (κ3) is 3.46. The molecule has 30 heavy (non-hydrogen) atoms. The van der Waals surface area contributed by atoms with Crippen LogP contribution in [-0.2, 0) is 14.9 Å². The number of esters is 1. The lowest BCUT2D eigenvalue weighted by Gasteiger charge is -2.34. The van der Waals surface area contributed by atoms with E-state index in [0.717, 1.165) is 11.3 Å². The zero-order valence-electron chi connectivity index (χ0n) is 16.5. The normalized spacial score (nSPS) is 25.7. The van der Waals surface area contributed by atoms with Crippen LogP contribution in [0.1, 0.15) is 26.3 Å². The minimum absolute atomic E-state index is 0.310. The van der Waals surface area contributed by atoms with Crippen LogP contribution in [0, 0.1) is 22.3 Å². The number of nitrogens with zero attached hydrogens (tertiary/aromatic N) is 1. The van der Waals surface area contributed by atoms with E-state index in [-0.39, 0.29) is 4.83 Å². The van der Waals surface area contributed by atoms with E-state index in [1.807, 2.05) is 75.4 Å². The van der Waals surface area contributed by atoms with Gasteiger partial charge in [0.05, 0.1) is 10.2 Å². The van der Waals surface area contributed by atoms with Crippen molar-refractivity contribution in [1.82, 2.24) is 0 Å². The molecule has 3 atom stereocenters. The maximum atomic E-state index is 13.0. The van der Waals surface area contributed by atoms with E-state index in [1.165, 1.54) is 6.26 Å². The molecule has 0 radical (unpaired) electrons. The molecular weight excluding hydrogens is 646 g/mol. The van der Waals surface area contributed by atoms with Crippen LogP contribution in [0.15, 0.2) is 54.6 Å². The summed E-state index contributed by atoms with van der Waals surface area (Å²) in [6.07, 6.45) is 1.54. The van der Waals surface area contributed by atoms with Crippen LogP contribution in [0.5, 0.6) is 11.5 Å². The van der Waals surface area contributed by atoms with Crippen LogP contribution >= 0.6 is 63.7 Å². The van der Waals surface area contributed by atoms with Crippen molar-refractivity contribution >= 4 is 69.7 Å². The van der Waals surface area contributed by atoms with Crippen molar-refractivity contribution in [2.75, 3.05) is 0 Å². The lowest BCUT2D eigenvalue weighted by molar-refractivity contribution is -0.144. The fourth-order valence-electron chi connectivity index (χ4n) is 4.73. The predicted molar refractivity (Wildman–Crippen MR) is 130 cm³/mol. The first-order valence-corrected chi connectivity index (χ1v) is 12.4. The molecule has 1 aliphatic carbocycles. The van der Waals surface area contributed by atoms with Crippen LogP contribution < -0.4 is 4.74 Å². The zero-order chi connectivity index (χ0) is 22.4. The molecule has 4 nitrogen and oxygen atoms in total. The minimum Gasteiger partial charge on any atom is -0.457 e. The summed E-state index contributed by atoms with van der Waals surface area (Å²) in [4.78, 5) is 12.7. The Balaban J connectivity index is 2.15. The minimum atomic E-state index is -0.976. The number of carbonyl (C=O) groups excluding carboxylic acids is 1. The summed E-state index contributed by atoms with van der Waals surface area (Å²) in [5, 5.41) is 8.99. The third-order valence-electron chi connectivity index (χ3n) is 6.44. The van der Waals surface area contributed by atoms with Crippen molar-refractivity contribution in [2.45, 2.75) is 33.2 Å². The first kappa shape index (κ1) is 23.8. The standard InChI is InChI=1S/C22H19Br4NO3/c1-19(2)20(3,18(28)29-13-27)21(19,17(23)22(24,25)26)14-8-7-11-16(12-14)30-15-9-5-4-6-10-15/h4-12,17H,1-3H3. The molecule has 3 unspecified atom stereocenters. The molecule has 1 aliphatic rings. The summed E-state index contributed by atoms with van der Waals surface area (Å²) < 4.78 is 10.2. The summed E-state index contributed by atoms with van der Waals surface area (Å²) in [6.45, 7) is 5.84. The number of benzene rings is 2. The van der Waals surface area contributed by atoms with Crippen molar-refractivity contribution in [1.29, 1.82) is 5.26 Å². The van der Waals surface area contributed by atoms with E-state index >= 15 is 0 Å². The van der Waals surface area contributed by atoms with Crippen molar-refractivity contribution in [3.8, 4) is 17.8 Å². The second-order valence-electron chi connectivity index (χ2n) is 7.89. The highest BCUT2D eigenvalue weighted by Gasteiger charge is 2.88. The molecule has 0 aliphatic heterocycles. The molecular formula is C22H19Br4NO3. The number of para-hydroxylation sites is 1. The third-order valence-corrected chi connectivity index (χ3v) is 11.0.